The van der Waals surface area contributed by atoms with Crippen LogP contribution in [0.4, 0.5) is 0 Å². The molecule has 0 amide bonds. The van der Waals surface area contributed by atoms with E-state index in [4.69, 9.17) is 0 Å². The maximum absolute atomic E-state index is 3.74. The molecule has 2 aliphatic carbocycles. The molecule has 3 rings (SSSR count). The molecule has 3 aliphatic rings. The average molecular weight is 222 g/mol. The van der Waals surface area contributed by atoms with Gasteiger partial charge in [-0.3, -0.25) is 4.90 Å². The van der Waals surface area contributed by atoms with E-state index in [1.165, 1.54) is 58.2 Å². The van der Waals surface area contributed by atoms with Gasteiger partial charge in [-0.15, -0.1) is 0 Å². The summed E-state index contributed by atoms with van der Waals surface area (Å²) in [5, 5.41) is 3.74. The normalized spacial score (nSPS) is 37.3. The highest BCUT2D eigenvalue weighted by atomic mass is 15.2. The number of nitrogens with one attached hydrogen (secondary N) is 1. The van der Waals surface area contributed by atoms with Crippen molar-refractivity contribution in [1.29, 1.82) is 0 Å². The molecule has 2 unspecified atom stereocenters. The van der Waals surface area contributed by atoms with E-state index in [0.717, 1.165) is 23.9 Å². The largest absolute Gasteiger partial charge is 0.311 e. The van der Waals surface area contributed by atoms with Gasteiger partial charge in [-0.1, -0.05) is 13.3 Å². The zero-order chi connectivity index (χ0) is 11.0. The fourth-order valence-corrected chi connectivity index (χ4v) is 3.34. The van der Waals surface area contributed by atoms with E-state index in [0.29, 0.717) is 0 Å². The minimum absolute atomic E-state index is 0.759. The molecule has 16 heavy (non-hydrogen) atoms. The van der Waals surface area contributed by atoms with Crippen LogP contribution in [-0.2, 0) is 0 Å². The third-order valence-corrected chi connectivity index (χ3v) is 4.92. The molecule has 0 aromatic rings. The van der Waals surface area contributed by atoms with Gasteiger partial charge in [0.2, 0.25) is 0 Å². The molecule has 2 saturated carbocycles. The van der Waals surface area contributed by atoms with Crippen LogP contribution in [0.15, 0.2) is 0 Å². The van der Waals surface area contributed by atoms with Gasteiger partial charge in [-0.05, 0) is 43.9 Å². The van der Waals surface area contributed by atoms with E-state index in [-0.39, 0.29) is 0 Å². The highest BCUT2D eigenvalue weighted by molar-refractivity contribution is 4.95. The minimum atomic E-state index is 0.759. The van der Waals surface area contributed by atoms with Crippen molar-refractivity contribution in [2.24, 2.45) is 11.8 Å². The number of rotatable bonds is 4. The molecule has 0 aromatic heterocycles. The molecule has 1 N–H and O–H groups in total. The third-order valence-electron chi connectivity index (χ3n) is 4.92. The van der Waals surface area contributed by atoms with Crippen LogP contribution in [0.25, 0.3) is 0 Å². The van der Waals surface area contributed by atoms with Crippen LogP contribution >= 0.6 is 0 Å². The van der Waals surface area contributed by atoms with Gasteiger partial charge in [-0.2, -0.15) is 0 Å². The van der Waals surface area contributed by atoms with Crippen molar-refractivity contribution < 1.29 is 0 Å². The first-order chi connectivity index (χ1) is 7.86. The van der Waals surface area contributed by atoms with Crippen molar-refractivity contribution in [2.45, 2.75) is 57.5 Å². The molecule has 2 atom stereocenters. The molecule has 0 aromatic carbocycles. The lowest BCUT2D eigenvalue weighted by Gasteiger charge is -2.43. The van der Waals surface area contributed by atoms with E-state index < -0.39 is 0 Å². The Morgan fingerprint density at radius 2 is 2.00 bits per heavy atom. The Labute approximate surface area is 99.8 Å². The van der Waals surface area contributed by atoms with Gasteiger partial charge in [0.05, 0.1) is 0 Å². The second kappa shape index (κ2) is 4.66. The molecule has 3 fully saturated rings. The molecular formula is C14H26N2. The Bertz CT molecular complexity index is 231. The molecule has 1 heterocycles. The summed E-state index contributed by atoms with van der Waals surface area (Å²) in [4.78, 5) is 2.84. The molecule has 92 valence electrons. The highest BCUT2D eigenvalue weighted by Gasteiger charge is 2.39. The van der Waals surface area contributed by atoms with Crippen molar-refractivity contribution in [1.82, 2.24) is 10.2 Å². The monoisotopic (exact) mass is 222 g/mol. The van der Waals surface area contributed by atoms with Gasteiger partial charge in [0, 0.05) is 31.7 Å². The van der Waals surface area contributed by atoms with Gasteiger partial charge in [0.25, 0.3) is 0 Å². The van der Waals surface area contributed by atoms with Crippen LogP contribution < -0.4 is 5.32 Å². The molecule has 0 radical (unpaired) electrons. The fourth-order valence-electron chi connectivity index (χ4n) is 3.34. The highest BCUT2D eigenvalue weighted by Crippen LogP contribution is 2.38. The summed E-state index contributed by atoms with van der Waals surface area (Å²) in [6.45, 7) is 6.29. The van der Waals surface area contributed by atoms with Crippen LogP contribution in [0.5, 0.6) is 0 Å². The Morgan fingerprint density at radius 1 is 1.19 bits per heavy atom. The summed E-state index contributed by atoms with van der Waals surface area (Å²) in [5.41, 5.74) is 0. The second-order valence-electron chi connectivity index (χ2n) is 6.17. The van der Waals surface area contributed by atoms with Gasteiger partial charge in [0.15, 0.2) is 0 Å². The Hall–Kier alpha value is -0.0800. The Morgan fingerprint density at radius 3 is 2.56 bits per heavy atom. The number of piperazine rings is 1. The van der Waals surface area contributed by atoms with Crippen LogP contribution in [0.3, 0.4) is 0 Å². The standard InChI is InChI=1S/C14H26N2/c1-2-13-10-16(9-11-4-3-5-11)14(8-15-13)12-6-7-12/h11-15H,2-10H2,1H3. The van der Waals surface area contributed by atoms with Crippen LogP contribution in [0, 0.1) is 11.8 Å². The van der Waals surface area contributed by atoms with E-state index in [1.54, 1.807) is 0 Å². The summed E-state index contributed by atoms with van der Waals surface area (Å²) in [7, 11) is 0. The Kier molecular flexibility index (Phi) is 3.21. The molecule has 1 saturated heterocycles. The third kappa shape index (κ3) is 2.28. The minimum Gasteiger partial charge on any atom is -0.311 e. The summed E-state index contributed by atoms with van der Waals surface area (Å²) >= 11 is 0. The average Bonchev–Trinajstić information content (AvgIpc) is 3.07. The topological polar surface area (TPSA) is 15.3 Å². The quantitative estimate of drug-likeness (QED) is 0.785. The lowest BCUT2D eigenvalue weighted by atomic mass is 9.84. The van der Waals surface area contributed by atoms with Crippen molar-refractivity contribution in [2.75, 3.05) is 19.6 Å². The fraction of sp³-hybridized carbons (Fsp3) is 1.00. The first-order valence-corrected chi connectivity index (χ1v) is 7.34. The molecular weight excluding hydrogens is 196 g/mol. The van der Waals surface area contributed by atoms with Gasteiger partial charge < -0.3 is 5.32 Å². The number of nitrogens with zero attached hydrogens (tertiary/aromatic N) is 1. The maximum atomic E-state index is 3.74. The smallest absolute Gasteiger partial charge is 0.0249 e. The summed E-state index contributed by atoms with van der Waals surface area (Å²) in [6, 6.07) is 1.64. The van der Waals surface area contributed by atoms with Gasteiger partial charge in [0.1, 0.15) is 0 Å². The summed E-state index contributed by atoms with van der Waals surface area (Å²) < 4.78 is 0. The molecule has 1 aliphatic heterocycles. The van der Waals surface area contributed by atoms with Gasteiger partial charge in [-0.25, -0.2) is 0 Å². The second-order valence-corrected chi connectivity index (χ2v) is 6.17. The molecule has 0 bridgehead atoms. The maximum Gasteiger partial charge on any atom is 0.0249 e. The van der Waals surface area contributed by atoms with E-state index in [2.05, 4.69) is 17.1 Å². The summed E-state index contributed by atoms with van der Waals surface area (Å²) in [5.74, 6) is 2.07. The first-order valence-electron chi connectivity index (χ1n) is 7.34. The number of hydrogen-bond donors (Lipinski definition) is 1. The Balaban J connectivity index is 1.58. The first kappa shape index (κ1) is 11.0. The number of hydrogen-bond acceptors (Lipinski definition) is 2. The van der Waals surface area contributed by atoms with Crippen molar-refractivity contribution >= 4 is 0 Å². The lowest BCUT2D eigenvalue weighted by molar-refractivity contribution is 0.0766. The van der Waals surface area contributed by atoms with Crippen LogP contribution in [-0.4, -0.2) is 36.6 Å². The lowest BCUT2D eigenvalue weighted by Crippen LogP contribution is -2.58. The van der Waals surface area contributed by atoms with Gasteiger partial charge >= 0.3 is 0 Å². The summed E-state index contributed by atoms with van der Waals surface area (Å²) in [6.07, 6.45) is 8.76. The van der Waals surface area contributed by atoms with Crippen LogP contribution in [0.2, 0.25) is 0 Å². The van der Waals surface area contributed by atoms with E-state index >= 15 is 0 Å². The van der Waals surface area contributed by atoms with Crippen molar-refractivity contribution in [3.63, 3.8) is 0 Å². The predicted molar refractivity (Wildman–Crippen MR) is 67.5 cm³/mol. The van der Waals surface area contributed by atoms with E-state index in [1.807, 2.05) is 0 Å². The molecule has 2 nitrogen and oxygen atoms in total. The van der Waals surface area contributed by atoms with Crippen molar-refractivity contribution in [3.8, 4) is 0 Å². The predicted octanol–water partition coefficient (Wildman–Crippen LogP) is 2.25. The van der Waals surface area contributed by atoms with Crippen molar-refractivity contribution in [3.05, 3.63) is 0 Å². The SMILES string of the molecule is CCC1CN(CC2CCC2)C(C2CC2)CN1. The zero-order valence-corrected chi connectivity index (χ0v) is 10.6. The zero-order valence-electron chi connectivity index (χ0n) is 10.6. The van der Waals surface area contributed by atoms with Crippen LogP contribution in [0.1, 0.15) is 45.4 Å². The molecule has 0 spiro atoms. The van der Waals surface area contributed by atoms with E-state index in [9.17, 15) is 0 Å². The molecule has 2 heteroatoms.